The zero-order valence-electron chi connectivity index (χ0n) is 7.07. The van der Waals surface area contributed by atoms with Crippen LogP contribution in [0, 0.1) is 11.6 Å². The minimum absolute atomic E-state index is 0.0277. The fourth-order valence-electron chi connectivity index (χ4n) is 1.02. The SMILES string of the molecule is CC(C)c1cc(F)c(N)cc1F. The highest BCUT2D eigenvalue weighted by Gasteiger charge is 2.10. The fraction of sp³-hybridized carbons (Fsp3) is 0.333. The van der Waals surface area contributed by atoms with Crippen LogP contribution >= 0.6 is 0 Å². The molecule has 0 aromatic heterocycles. The Hall–Kier alpha value is -1.12. The van der Waals surface area contributed by atoms with Crippen molar-refractivity contribution in [2.75, 3.05) is 5.73 Å². The maximum absolute atomic E-state index is 13.0. The van der Waals surface area contributed by atoms with Crippen molar-refractivity contribution in [3.05, 3.63) is 29.3 Å². The zero-order valence-corrected chi connectivity index (χ0v) is 7.07. The van der Waals surface area contributed by atoms with Gasteiger partial charge in [-0.25, -0.2) is 8.78 Å². The Labute approximate surface area is 70.2 Å². The van der Waals surface area contributed by atoms with Gasteiger partial charge in [-0.2, -0.15) is 0 Å². The molecule has 0 fully saturated rings. The lowest BCUT2D eigenvalue weighted by Crippen LogP contribution is -1.98. The second kappa shape index (κ2) is 3.09. The molecule has 1 aromatic rings. The molecule has 1 aromatic carbocycles. The predicted molar refractivity (Wildman–Crippen MR) is 44.9 cm³/mol. The molecule has 0 saturated heterocycles. The van der Waals surface area contributed by atoms with E-state index in [1.165, 1.54) is 0 Å². The molecule has 1 nitrogen and oxygen atoms in total. The molecule has 66 valence electrons. The Kier molecular flexibility index (Phi) is 2.31. The molecule has 0 spiro atoms. The maximum Gasteiger partial charge on any atom is 0.146 e. The molecular formula is C9H11F2N. The molecule has 0 saturated carbocycles. The monoisotopic (exact) mass is 171 g/mol. The van der Waals surface area contributed by atoms with E-state index in [1.54, 1.807) is 13.8 Å². The topological polar surface area (TPSA) is 26.0 Å². The minimum Gasteiger partial charge on any atom is -0.396 e. The van der Waals surface area contributed by atoms with E-state index in [0.717, 1.165) is 12.1 Å². The third kappa shape index (κ3) is 1.55. The fourth-order valence-corrected chi connectivity index (χ4v) is 1.02. The molecule has 0 amide bonds. The van der Waals surface area contributed by atoms with Gasteiger partial charge in [-0.05, 0) is 17.5 Å². The largest absolute Gasteiger partial charge is 0.396 e. The number of hydrogen-bond acceptors (Lipinski definition) is 1. The van der Waals surface area contributed by atoms with E-state index in [9.17, 15) is 8.78 Å². The highest BCUT2D eigenvalue weighted by molar-refractivity contribution is 5.42. The summed E-state index contributed by atoms with van der Waals surface area (Å²) >= 11 is 0. The van der Waals surface area contributed by atoms with Crippen LogP contribution in [0.5, 0.6) is 0 Å². The first-order valence-electron chi connectivity index (χ1n) is 3.76. The lowest BCUT2D eigenvalue weighted by molar-refractivity contribution is 0.578. The smallest absolute Gasteiger partial charge is 0.146 e. The molecule has 3 heteroatoms. The first-order chi connectivity index (χ1) is 5.52. The molecule has 12 heavy (non-hydrogen) atoms. The van der Waals surface area contributed by atoms with Gasteiger partial charge in [-0.15, -0.1) is 0 Å². The number of halogens is 2. The zero-order chi connectivity index (χ0) is 9.30. The average Bonchev–Trinajstić information content (AvgIpc) is 1.96. The number of benzene rings is 1. The van der Waals surface area contributed by atoms with Gasteiger partial charge in [0.2, 0.25) is 0 Å². The summed E-state index contributed by atoms with van der Waals surface area (Å²) in [6.07, 6.45) is 0. The molecule has 0 bridgehead atoms. The van der Waals surface area contributed by atoms with Gasteiger partial charge in [0, 0.05) is 6.07 Å². The van der Waals surface area contributed by atoms with Gasteiger partial charge in [-0.3, -0.25) is 0 Å². The van der Waals surface area contributed by atoms with Crippen molar-refractivity contribution >= 4 is 5.69 Å². The van der Waals surface area contributed by atoms with Gasteiger partial charge in [0.05, 0.1) is 5.69 Å². The van der Waals surface area contributed by atoms with Gasteiger partial charge in [0.15, 0.2) is 0 Å². The van der Waals surface area contributed by atoms with E-state index in [0.29, 0.717) is 5.56 Å². The molecule has 0 radical (unpaired) electrons. The maximum atomic E-state index is 13.0. The van der Waals surface area contributed by atoms with Crippen LogP contribution in [0.15, 0.2) is 12.1 Å². The Morgan fingerprint density at radius 2 is 1.75 bits per heavy atom. The van der Waals surface area contributed by atoms with Crippen LogP contribution in [-0.4, -0.2) is 0 Å². The predicted octanol–water partition coefficient (Wildman–Crippen LogP) is 2.67. The van der Waals surface area contributed by atoms with Crippen molar-refractivity contribution in [3.8, 4) is 0 Å². The first-order valence-corrected chi connectivity index (χ1v) is 3.76. The summed E-state index contributed by atoms with van der Waals surface area (Å²) in [7, 11) is 0. The molecule has 0 aliphatic rings. The van der Waals surface area contributed by atoms with Crippen LogP contribution in [-0.2, 0) is 0 Å². The van der Waals surface area contributed by atoms with Crippen LogP contribution < -0.4 is 5.73 Å². The molecule has 1 rings (SSSR count). The van der Waals surface area contributed by atoms with Crippen molar-refractivity contribution in [3.63, 3.8) is 0 Å². The van der Waals surface area contributed by atoms with Crippen LogP contribution in [0.4, 0.5) is 14.5 Å². The van der Waals surface area contributed by atoms with Gasteiger partial charge in [0.1, 0.15) is 11.6 Å². The van der Waals surface area contributed by atoms with Crippen molar-refractivity contribution in [2.24, 2.45) is 0 Å². The number of anilines is 1. The third-order valence-corrected chi connectivity index (χ3v) is 1.74. The standard InChI is InChI=1S/C9H11F2N/c1-5(2)6-3-8(11)9(12)4-7(6)10/h3-5H,12H2,1-2H3. The molecule has 0 unspecified atom stereocenters. The average molecular weight is 171 g/mol. The van der Waals surface area contributed by atoms with Gasteiger partial charge in [-0.1, -0.05) is 13.8 Å². The van der Waals surface area contributed by atoms with Crippen molar-refractivity contribution < 1.29 is 8.78 Å². The highest BCUT2D eigenvalue weighted by Crippen LogP contribution is 2.22. The molecular weight excluding hydrogens is 160 g/mol. The Bertz CT molecular complexity index is 295. The minimum atomic E-state index is -0.555. The molecule has 2 N–H and O–H groups in total. The lowest BCUT2D eigenvalue weighted by atomic mass is 10.0. The number of nitrogen functional groups attached to an aromatic ring is 1. The molecule has 0 atom stereocenters. The second-order valence-corrected chi connectivity index (χ2v) is 3.05. The summed E-state index contributed by atoms with van der Waals surface area (Å²) in [5.74, 6) is -1.02. The van der Waals surface area contributed by atoms with E-state index in [1.807, 2.05) is 0 Å². The number of hydrogen-bond donors (Lipinski definition) is 1. The van der Waals surface area contributed by atoms with Crippen LogP contribution in [0.25, 0.3) is 0 Å². The van der Waals surface area contributed by atoms with E-state index < -0.39 is 11.6 Å². The van der Waals surface area contributed by atoms with Crippen LogP contribution in [0.3, 0.4) is 0 Å². The highest BCUT2D eigenvalue weighted by atomic mass is 19.1. The van der Waals surface area contributed by atoms with E-state index in [-0.39, 0.29) is 11.6 Å². The van der Waals surface area contributed by atoms with Gasteiger partial charge < -0.3 is 5.73 Å². The summed E-state index contributed by atoms with van der Waals surface area (Å²) in [6, 6.07) is 2.17. The van der Waals surface area contributed by atoms with E-state index in [2.05, 4.69) is 0 Å². The summed E-state index contributed by atoms with van der Waals surface area (Å²) in [5, 5.41) is 0. The first kappa shape index (κ1) is 8.97. The summed E-state index contributed by atoms with van der Waals surface area (Å²) in [6.45, 7) is 3.60. The molecule has 0 heterocycles. The van der Waals surface area contributed by atoms with Crippen molar-refractivity contribution in [1.82, 2.24) is 0 Å². The molecule has 0 aliphatic heterocycles. The Morgan fingerprint density at radius 1 is 1.17 bits per heavy atom. The van der Waals surface area contributed by atoms with Gasteiger partial charge in [0.25, 0.3) is 0 Å². The number of rotatable bonds is 1. The quantitative estimate of drug-likeness (QED) is 0.646. The van der Waals surface area contributed by atoms with Crippen LogP contribution in [0.2, 0.25) is 0 Å². The summed E-state index contributed by atoms with van der Waals surface area (Å²) in [4.78, 5) is 0. The van der Waals surface area contributed by atoms with Gasteiger partial charge >= 0.3 is 0 Å². The van der Waals surface area contributed by atoms with Crippen molar-refractivity contribution in [2.45, 2.75) is 19.8 Å². The number of nitrogens with two attached hydrogens (primary N) is 1. The second-order valence-electron chi connectivity index (χ2n) is 3.05. The Balaban J connectivity index is 3.23. The third-order valence-electron chi connectivity index (χ3n) is 1.74. The summed E-state index contributed by atoms with van der Waals surface area (Å²) in [5.41, 5.74) is 5.40. The lowest BCUT2D eigenvalue weighted by Gasteiger charge is -2.07. The normalized spacial score (nSPS) is 10.8. The molecule has 0 aliphatic carbocycles. The van der Waals surface area contributed by atoms with E-state index in [4.69, 9.17) is 5.73 Å². The Morgan fingerprint density at radius 3 is 2.25 bits per heavy atom. The van der Waals surface area contributed by atoms with E-state index >= 15 is 0 Å². The van der Waals surface area contributed by atoms with Crippen molar-refractivity contribution in [1.29, 1.82) is 0 Å². The summed E-state index contributed by atoms with van der Waals surface area (Å²) < 4.78 is 25.9. The van der Waals surface area contributed by atoms with Crippen LogP contribution in [0.1, 0.15) is 25.3 Å².